The molecule has 6 nitrogen and oxygen atoms in total. The first kappa shape index (κ1) is 15.5. The number of rotatable bonds is 5. The predicted octanol–water partition coefficient (Wildman–Crippen LogP) is 2.55. The number of amides is 3. The lowest BCUT2D eigenvalue weighted by Crippen LogP contribution is -2.27. The van der Waals surface area contributed by atoms with Crippen LogP contribution < -0.4 is 15.5 Å². The lowest BCUT2D eigenvalue weighted by atomic mass is 10.2. The molecule has 0 radical (unpaired) electrons. The number of aromatic nitrogens is 1. The summed E-state index contributed by atoms with van der Waals surface area (Å²) in [5, 5.41) is 8.63. The van der Waals surface area contributed by atoms with E-state index in [4.69, 9.17) is 0 Å². The Morgan fingerprint density at radius 2 is 2.17 bits per heavy atom. The SMILES string of the molecule is Cc1nc(CCC(=O)Nc2ccc(N3CCNC3=O)cc2)cs1. The van der Waals surface area contributed by atoms with Crippen LogP contribution in [0.15, 0.2) is 29.6 Å². The molecule has 2 N–H and O–H groups in total. The van der Waals surface area contributed by atoms with Gasteiger partial charge in [-0.1, -0.05) is 0 Å². The Balaban J connectivity index is 1.53. The first-order valence-corrected chi connectivity index (χ1v) is 8.36. The molecule has 1 fully saturated rings. The van der Waals surface area contributed by atoms with Gasteiger partial charge in [-0.3, -0.25) is 9.69 Å². The standard InChI is InChI=1S/C16H18N4O2S/c1-11-18-13(10-23-11)4-7-15(21)19-12-2-5-14(6-3-12)20-9-8-17-16(20)22/h2-3,5-6,10H,4,7-9H2,1H3,(H,17,22)(H,19,21). The summed E-state index contributed by atoms with van der Waals surface area (Å²) in [6.07, 6.45) is 1.04. The van der Waals surface area contributed by atoms with Crippen LogP contribution in [0.5, 0.6) is 0 Å². The van der Waals surface area contributed by atoms with Crippen LogP contribution >= 0.6 is 11.3 Å². The van der Waals surface area contributed by atoms with Crippen LogP contribution in [0.4, 0.5) is 16.2 Å². The van der Waals surface area contributed by atoms with Gasteiger partial charge >= 0.3 is 6.03 Å². The zero-order chi connectivity index (χ0) is 16.2. The van der Waals surface area contributed by atoms with E-state index >= 15 is 0 Å². The summed E-state index contributed by atoms with van der Waals surface area (Å²) in [4.78, 5) is 29.6. The van der Waals surface area contributed by atoms with Crippen molar-refractivity contribution in [2.75, 3.05) is 23.3 Å². The molecule has 1 aromatic carbocycles. The van der Waals surface area contributed by atoms with E-state index in [0.717, 1.165) is 22.1 Å². The van der Waals surface area contributed by atoms with E-state index in [-0.39, 0.29) is 11.9 Å². The number of nitrogens with one attached hydrogen (secondary N) is 2. The van der Waals surface area contributed by atoms with Crippen LogP contribution in [0, 0.1) is 6.92 Å². The maximum atomic E-state index is 12.0. The Morgan fingerprint density at radius 1 is 1.39 bits per heavy atom. The quantitative estimate of drug-likeness (QED) is 0.885. The lowest BCUT2D eigenvalue weighted by molar-refractivity contribution is -0.116. The monoisotopic (exact) mass is 330 g/mol. The first-order chi connectivity index (χ1) is 11.1. The topological polar surface area (TPSA) is 74.3 Å². The fourth-order valence-corrected chi connectivity index (χ4v) is 3.08. The molecular weight excluding hydrogens is 312 g/mol. The highest BCUT2D eigenvalue weighted by atomic mass is 32.1. The van der Waals surface area contributed by atoms with Gasteiger partial charge in [0.2, 0.25) is 5.91 Å². The number of hydrogen-bond acceptors (Lipinski definition) is 4. The zero-order valence-electron chi connectivity index (χ0n) is 12.8. The maximum absolute atomic E-state index is 12.0. The van der Waals surface area contributed by atoms with Crippen LogP contribution in [0.3, 0.4) is 0 Å². The average Bonchev–Trinajstić information content (AvgIpc) is 3.14. The molecule has 0 aliphatic carbocycles. The van der Waals surface area contributed by atoms with Crippen molar-refractivity contribution in [1.29, 1.82) is 0 Å². The van der Waals surface area contributed by atoms with Crippen molar-refractivity contribution in [3.05, 3.63) is 40.3 Å². The molecule has 0 unspecified atom stereocenters. The third kappa shape index (κ3) is 3.87. The van der Waals surface area contributed by atoms with Crippen molar-refractivity contribution in [3.63, 3.8) is 0 Å². The highest BCUT2D eigenvalue weighted by molar-refractivity contribution is 7.09. The van der Waals surface area contributed by atoms with E-state index in [1.54, 1.807) is 16.2 Å². The third-order valence-corrected chi connectivity index (χ3v) is 4.42. The smallest absolute Gasteiger partial charge is 0.321 e. The summed E-state index contributed by atoms with van der Waals surface area (Å²) >= 11 is 1.59. The van der Waals surface area contributed by atoms with Gasteiger partial charge in [0, 0.05) is 36.3 Å². The summed E-state index contributed by atoms with van der Waals surface area (Å²) in [6, 6.07) is 7.21. The summed E-state index contributed by atoms with van der Waals surface area (Å²) in [6.45, 7) is 3.28. The Labute approximate surface area is 138 Å². The number of urea groups is 1. The normalized spacial score (nSPS) is 14.0. The van der Waals surface area contributed by atoms with Crippen LogP contribution in [0.1, 0.15) is 17.1 Å². The fraction of sp³-hybridized carbons (Fsp3) is 0.312. The highest BCUT2D eigenvalue weighted by Crippen LogP contribution is 2.19. The molecule has 1 aromatic heterocycles. The fourth-order valence-electron chi connectivity index (χ4n) is 2.43. The number of benzene rings is 1. The Hall–Kier alpha value is -2.41. The van der Waals surface area contributed by atoms with Gasteiger partial charge in [-0.05, 0) is 37.6 Å². The number of carbonyl (C=O) groups is 2. The summed E-state index contributed by atoms with van der Waals surface area (Å²) in [7, 11) is 0. The van der Waals surface area contributed by atoms with Crippen molar-refractivity contribution >= 4 is 34.6 Å². The van der Waals surface area contributed by atoms with Crippen LogP contribution in [0.25, 0.3) is 0 Å². The third-order valence-electron chi connectivity index (χ3n) is 3.59. The largest absolute Gasteiger partial charge is 0.336 e. The van der Waals surface area contributed by atoms with Crippen molar-refractivity contribution in [2.45, 2.75) is 19.8 Å². The maximum Gasteiger partial charge on any atom is 0.321 e. The molecule has 120 valence electrons. The predicted molar refractivity (Wildman–Crippen MR) is 91.0 cm³/mol. The minimum Gasteiger partial charge on any atom is -0.336 e. The van der Waals surface area contributed by atoms with E-state index in [1.807, 2.05) is 36.6 Å². The number of anilines is 2. The number of carbonyl (C=O) groups excluding carboxylic acids is 2. The molecule has 23 heavy (non-hydrogen) atoms. The number of aryl methyl sites for hydroxylation is 2. The molecule has 1 saturated heterocycles. The lowest BCUT2D eigenvalue weighted by Gasteiger charge is -2.14. The number of hydrogen-bond donors (Lipinski definition) is 2. The van der Waals surface area contributed by atoms with Crippen LogP contribution in [0.2, 0.25) is 0 Å². The molecule has 3 rings (SSSR count). The van der Waals surface area contributed by atoms with E-state index in [2.05, 4.69) is 15.6 Å². The van der Waals surface area contributed by atoms with E-state index in [9.17, 15) is 9.59 Å². The first-order valence-electron chi connectivity index (χ1n) is 7.48. The van der Waals surface area contributed by atoms with Gasteiger partial charge in [-0.25, -0.2) is 9.78 Å². The minimum absolute atomic E-state index is 0.0395. The van der Waals surface area contributed by atoms with Gasteiger partial charge in [-0.2, -0.15) is 0 Å². The Morgan fingerprint density at radius 3 is 2.78 bits per heavy atom. The minimum atomic E-state index is -0.0830. The molecule has 0 saturated carbocycles. The Kier molecular flexibility index (Phi) is 4.57. The molecule has 2 heterocycles. The Bertz CT molecular complexity index is 711. The second kappa shape index (κ2) is 6.78. The zero-order valence-corrected chi connectivity index (χ0v) is 13.7. The number of nitrogens with zero attached hydrogens (tertiary/aromatic N) is 2. The van der Waals surface area contributed by atoms with Crippen LogP contribution in [-0.2, 0) is 11.2 Å². The second-order valence-corrected chi connectivity index (χ2v) is 6.40. The molecule has 3 amide bonds. The summed E-state index contributed by atoms with van der Waals surface area (Å²) < 4.78 is 0. The van der Waals surface area contributed by atoms with Gasteiger partial charge in [0.25, 0.3) is 0 Å². The molecule has 0 bridgehead atoms. The summed E-state index contributed by atoms with van der Waals surface area (Å²) in [5.41, 5.74) is 2.52. The number of thiazole rings is 1. The van der Waals surface area contributed by atoms with Crippen molar-refractivity contribution in [2.24, 2.45) is 0 Å². The van der Waals surface area contributed by atoms with Crippen molar-refractivity contribution < 1.29 is 9.59 Å². The molecule has 0 spiro atoms. The van der Waals surface area contributed by atoms with Crippen LogP contribution in [-0.4, -0.2) is 30.0 Å². The molecular formula is C16H18N4O2S. The highest BCUT2D eigenvalue weighted by Gasteiger charge is 2.20. The van der Waals surface area contributed by atoms with Gasteiger partial charge in [0.15, 0.2) is 0 Å². The molecule has 1 aliphatic heterocycles. The van der Waals surface area contributed by atoms with E-state index < -0.39 is 0 Å². The molecule has 0 atom stereocenters. The van der Waals surface area contributed by atoms with E-state index in [0.29, 0.717) is 25.9 Å². The molecule has 7 heteroatoms. The van der Waals surface area contributed by atoms with Gasteiger partial charge in [0.05, 0.1) is 10.7 Å². The molecule has 2 aromatic rings. The van der Waals surface area contributed by atoms with E-state index in [1.165, 1.54) is 0 Å². The van der Waals surface area contributed by atoms with Gasteiger partial charge in [-0.15, -0.1) is 11.3 Å². The van der Waals surface area contributed by atoms with Crippen molar-refractivity contribution in [3.8, 4) is 0 Å². The van der Waals surface area contributed by atoms with Crippen molar-refractivity contribution in [1.82, 2.24) is 10.3 Å². The average molecular weight is 330 g/mol. The van der Waals surface area contributed by atoms with Gasteiger partial charge in [0.1, 0.15) is 0 Å². The summed E-state index contributed by atoms with van der Waals surface area (Å²) in [5.74, 6) is -0.0395. The van der Waals surface area contributed by atoms with Gasteiger partial charge < -0.3 is 10.6 Å². The molecule has 1 aliphatic rings. The second-order valence-electron chi connectivity index (χ2n) is 5.34.